The quantitative estimate of drug-likeness (QED) is 0.757. The van der Waals surface area contributed by atoms with Gasteiger partial charge in [0.15, 0.2) is 0 Å². The molecule has 0 unspecified atom stereocenters. The standard InChI is InChI=1S/C20H25NO5/c1-15(26-18-11-9-17(24-3)10-12-18)20(2,23)14-21-19(22)25-13-16-7-5-4-6-8-16/h4-12,15,23H,13-14H2,1-3H3,(H,21,22)/t15-,20+/m1/s1. The van der Waals surface area contributed by atoms with Crippen molar-refractivity contribution in [2.75, 3.05) is 13.7 Å². The lowest BCUT2D eigenvalue weighted by atomic mass is 10.0. The van der Waals surface area contributed by atoms with Crippen LogP contribution in [-0.2, 0) is 11.3 Å². The van der Waals surface area contributed by atoms with E-state index < -0.39 is 17.8 Å². The zero-order valence-electron chi connectivity index (χ0n) is 15.3. The molecule has 2 rings (SSSR count). The number of benzene rings is 2. The van der Waals surface area contributed by atoms with E-state index in [0.717, 1.165) is 11.3 Å². The minimum atomic E-state index is -1.27. The summed E-state index contributed by atoms with van der Waals surface area (Å²) in [6, 6.07) is 16.4. The lowest BCUT2D eigenvalue weighted by Gasteiger charge is -2.30. The van der Waals surface area contributed by atoms with Gasteiger partial charge in [-0.1, -0.05) is 30.3 Å². The SMILES string of the molecule is COc1ccc(O[C@H](C)[C@@](C)(O)CNC(=O)OCc2ccccc2)cc1. The van der Waals surface area contributed by atoms with Gasteiger partial charge in [0, 0.05) is 0 Å². The van der Waals surface area contributed by atoms with Crippen molar-refractivity contribution in [1.82, 2.24) is 5.32 Å². The Bertz CT molecular complexity index is 685. The van der Waals surface area contributed by atoms with E-state index in [1.165, 1.54) is 0 Å². The van der Waals surface area contributed by atoms with Crippen LogP contribution in [0.2, 0.25) is 0 Å². The maximum absolute atomic E-state index is 11.8. The van der Waals surface area contributed by atoms with Crippen molar-refractivity contribution in [2.45, 2.75) is 32.2 Å². The second kappa shape index (κ2) is 9.10. The lowest BCUT2D eigenvalue weighted by molar-refractivity contribution is -0.0372. The first-order valence-corrected chi connectivity index (χ1v) is 8.38. The molecule has 0 aromatic heterocycles. The van der Waals surface area contributed by atoms with Gasteiger partial charge in [0.1, 0.15) is 29.8 Å². The molecule has 6 heteroatoms. The number of aliphatic hydroxyl groups is 1. The minimum Gasteiger partial charge on any atom is -0.497 e. The van der Waals surface area contributed by atoms with Gasteiger partial charge in [0.25, 0.3) is 0 Å². The summed E-state index contributed by atoms with van der Waals surface area (Å²) in [5, 5.41) is 13.1. The topological polar surface area (TPSA) is 77.0 Å². The summed E-state index contributed by atoms with van der Waals surface area (Å²) >= 11 is 0. The number of ether oxygens (including phenoxy) is 3. The molecule has 2 atom stereocenters. The molecule has 140 valence electrons. The number of amides is 1. The summed E-state index contributed by atoms with van der Waals surface area (Å²) in [4.78, 5) is 11.8. The van der Waals surface area contributed by atoms with E-state index in [4.69, 9.17) is 14.2 Å². The molecule has 0 bridgehead atoms. The van der Waals surface area contributed by atoms with Crippen LogP contribution in [0, 0.1) is 0 Å². The molecule has 2 N–H and O–H groups in total. The van der Waals surface area contributed by atoms with E-state index in [0.29, 0.717) is 5.75 Å². The van der Waals surface area contributed by atoms with Gasteiger partial charge in [0.2, 0.25) is 0 Å². The summed E-state index contributed by atoms with van der Waals surface area (Å²) in [6.45, 7) is 3.50. The number of carbonyl (C=O) groups is 1. The van der Waals surface area contributed by atoms with Gasteiger partial charge >= 0.3 is 6.09 Å². The Labute approximate surface area is 153 Å². The normalized spacial score (nSPS) is 14.0. The molecular weight excluding hydrogens is 334 g/mol. The highest BCUT2D eigenvalue weighted by molar-refractivity contribution is 5.67. The molecule has 26 heavy (non-hydrogen) atoms. The third kappa shape index (κ3) is 5.97. The first-order chi connectivity index (χ1) is 12.4. The first-order valence-electron chi connectivity index (χ1n) is 8.38. The number of rotatable bonds is 8. The van der Waals surface area contributed by atoms with Crippen LogP contribution in [0.15, 0.2) is 54.6 Å². The Morgan fingerprint density at radius 3 is 2.35 bits per heavy atom. The molecule has 0 aliphatic heterocycles. The Morgan fingerprint density at radius 2 is 1.73 bits per heavy atom. The van der Waals surface area contributed by atoms with Crippen LogP contribution >= 0.6 is 0 Å². The maximum atomic E-state index is 11.8. The van der Waals surface area contributed by atoms with E-state index >= 15 is 0 Å². The third-order valence-electron chi connectivity index (χ3n) is 4.05. The number of hydrogen-bond acceptors (Lipinski definition) is 5. The van der Waals surface area contributed by atoms with Gasteiger partial charge in [-0.2, -0.15) is 0 Å². The van der Waals surface area contributed by atoms with Gasteiger partial charge < -0.3 is 24.6 Å². The molecule has 0 spiro atoms. The van der Waals surface area contributed by atoms with Crippen molar-refractivity contribution in [3.63, 3.8) is 0 Å². The molecule has 0 fully saturated rings. The van der Waals surface area contributed by atoms with Crippen molar-refractivity contribution in [2.24, 2.45) is 0 Å². The Morgan fingerprint density at radius 1 is 1.12 bits per heavy atom. The molecule has 0 aliphatic rings. The first kappa shape index (κ1) is 19.6. The van der Waals surface area contributed by atoms with E-state index in [9.17, 15) is 9.90 Å². The monoisotopic (exact) mass is 359 g/mol. The number of hydrogen-bond donors (Lipinski definition) is 2. The molecule has 0 saturated heterocycles. The highest BCUT2D eigenvalue weighted by atomic mass is 16.5. The zero-order chi connectivity index (χ0) is 19.0. The van der Waals surface area contributed by atoms with Gasteiger partial charge in [-0.25, -0.2) is 4.79 Å². The van der Waals surface area contributed by atoms with Crippen LogP contribution in [0.3, 0.4) is 0 Å². The summed E-state index contributed by atoms with van der Waals surface area (Å²) < 4.78 is 16.0. The highest BCUT2D eigenvalue weighted by Crippen LogP contribution is 2.21. The summed E-state index contributed by atoms with van der Waals surface area (Å²) in [5.41, 5.74) is -0.378. The zero-order valence-corrected chi connectivity index (χ0v) is 15.3. The summed E-state index contributed by atoms with van der Waals surface area (Å²) in [6.07, 6.45) is -1.14. The predicted molar refractivity (Wildman–Crippen MR) is 98.3 cm³/mol. The van der Waals surface area contributed by atoms with Crippen molar-refractivity contribution in [3.05, 3.63) is 60.2 Å². The van der Waals surface area contributed by atoms with Gasteiger partial charge in [-0.15, -0.1) is 0 Å². The molecule has 2 aromatic carbocycles. The molecule has 0 saturated carbocycles. The van der Waals surface area contributed by atoms with Crippen LogP contribution in [0.5, 0.6) is 11.5 Å². The third-order valence-corrected chi connectivity index (χ3v) is 4.05. The molecule has 2 aromatic rings. The Balaban J connectivity index is 1.79. The average Bonchev–Trinajstić information content (AvgIpc) is 2.66. The maximum Gasteiger partial charge on any atom is 0.407 e. The van der Waals surface area contributed by atoms with Crippen molar-refractivity contribution >= 4 is 6.09 Å². The van der Waals surface area contributed by atoms with Crippen molar-refractivity contribution in [1.29, 1.82) is 0 Å². The van der Waals surface area contributed by atoms with Crippen LogP contribution in [0.1, 0.15) is 19.4 Å². The lowest BCUT2D eigenvalue weighted by Crippen LogP contribution is -2.50. The summed E-state index contributed by atoms with van der Waals surface area (Å²) in [7, 11) is 1.59. The molecule has 0 aliphatic carbocycles. The number of methoxy groups -OCH3 is 1. The second-order valence-corrected chi connectivity index (χ2v) is 6.21. The summed E-state index contributed by atoms with van der Waals surface area (Å²) in [5.74, 6) is 1.32. The highest BCUT2D eigenvalue weighted by Gasteiger charge is 2.31. The Hall–Kier alpha value is -2.73. The number of nitrogens with one attached hydrogen (secondary N) is 1. The van der Waals surface area contributed by atoms with Gasteiger partial charge in [0.05, 0.1) is 13.7 Å². The largest absolute Gasteiger partial charge is 0.497 e. The predicted octanol–water partition coefficient (Wildman–Crippen LogP) is 3.14. The Kier molecular flexibility index (Phi) is 6.86. The second-order valence-electron chi connectivity index (χ2n) is 6.21. The van der Waals surface area contributed by atoms with Crippen LogP contribution in [0.4, 0.5) is 4.79 Å². The fourth-order valence-electron chi connectivity index (χ4n) is 2.15. The van der Waals surface area contributed by atoms with Crippen molar-refractivity contribution < 1.29 is 24.1 Å². The van der Waals surface area contributed by atoms with E-state index in [1.807, 2.05) is 30.3 Å². The van der Waals surface area contributed by atoms with Gasteiger partial charge in [-0.3, -0.25) is 0 Å². The average molecular weight is 359 g/mol. The van der Waals surface area contributed by atoms with E-state index in [-0.39, 0.29) is 13.2 Å². The van der Waals surface area contributed by atoms with Crippen LogP contribution in [-0.4, -0.2) is 36.6 Å². The molecule has 1 amide bonds. The van der Waals surface area contributed by atoms with Gasteiger partial charge in [-0.05, 0) is 43.7 Å². The fourth-order valence-corrected chi connectivity index (χ4v) is 2.15. The molecule has 0 heterocycles. The van der Waals surface area contributed by atoms with Crippen LogP contribution in [0.25, 0.3) is 0 Å². The van der Waals surface area contributed by atoms with E-state index in [2.05, 4.69) is 5.32 Å². The van der Waals surface area contributed by atoms with Crippen molar-refractivity contribution in [3.8, 4) is 11.5 Å². The number of alkyl carbamates (subject to hydrolysis) is 1. The molecule has 0 radical (unpaired) electrons. The molecular formula is C20H25NO5. The number of carbonyl (C=O) groups excluding carboxylic acids is 1. The van der Waals surface area contributed by atoms with Crippen LogP contribution < -0.4 is 14.8 Å². The minimum absolute atomic E-state index is 0.00204. The smallest absolute Gasteiger partial charge is 0.407 e. The fraction of sp³-hybridized carbons (Fsp3) is 0.350. The van der Waals surface area contributed by atoms with E-state index in [1.54, 1.807) is 45.2 Å². The molecule has 6 nitrogen and oxygen atoms in total.